The van der Waals surface area contributed by atoms with Gasteiger partial charge in [-0.1, -0.05) is 56.6 Å². The summed E-state index contributed by atoms with van der Waals surface area (Å²) in [5.41, 5.74) is 1.25. The first kappa shape index (κ1) is 22.8. The molecule has 2 aromatic carbocycles. The zero-order valence-electron chi connectivity index (χ0n) is 17.8. The van der Waals surface area contributed by atoms with Gasteiger partial charge >= 0.3 is 12.1 Å². The minimum Gasteiger partial charge on any atom is -0.423 e. The van der Waals surface area contributed by atoms with Gasteiger partial charge in [0.25, 0.3) is 0 Å². The van der Waals surface area contributed by atoms with Gasteiger partial charge in [0.05, 0.1) is 5.02 Å². The van der Waals surface area contributed by atoms with E-state index in [-0.39, 0.29) is 21.8 Å². The molecule has 0 saturated heterocycles. The van der Waals surface area contributed by atoms with Crippen molar-refractivity contribution in [2.75, 3.05) is 13.1 Å². The lowest BCUT2D eigenvalue weighted by Crippen LogP contribution is -2.34. The van der Waals surface area contributed by atoms with E-state index in [1.165, 1.54) is 4.90 Å². The molecule has 2 rings (SSSR count). The number of hydrogen-bond acceptors (Lipinski definition) is 4. The highest BCUT2D eigenvalue weighted by molar-refractivity contribution is 6.33. The smallest absolute Gasteiger partial charge is 0.415 e. The molecule has 6 heteroatoms. The van der Waals surface area contributed by atoms with Gasteiger partial charge in [-0.25, -0.2) is 9.59 Å². The van der Waals surface area contributed by atoms with Gasteiger partial charge in [-0.15, -0.1) is 0 Å². The first-order valence-electron chi connectivity index (χ1n) is 9.67. The summed E-state index contributed by atoms with van der Waals surface area (Å²) in [6.45, 7) is 12.5. The Kier molecular flexibility index (Phi) is 7.31. The maximum absolute atomic E-state index is 13.0. The second-order valence-corrected chi connectivity index (χ2v) is 8.13. The van der Waals surface area contributed by atoms with E-state index < -0.39 is 12.1 Å². The fourth-order valence-corrected chi connectivity index (χ4v) is 3.41. The number of rotatable bonds is 5. The van der Waals surface area contributed by atoms with E-state index in [2.05, 4.69) is 0 Å². The van der Waals surface area contributed by atoms with Crippen LogP contribution in [0, 0.1) is 6.92 Å². The highest BCUT2D eigenvalue weighted by Crippen LogP contribution is 2.41. The number of ether oxygens (including phenoxy) is 2. The molecule has 0 heterocycles. The average Bonchev–Trinajstić information content (AvgIpc) is 2.65. The van der Waals surface area contributed by atoms with E-state index in [1.807, 2.05) is 46.8 Å². The summed E-state index contributed by atoms with van der Waals surface area (Å²) >= 11 is 6.65. The van der Waals surface area contributed by atoms with Crippen molar-refractivity contribution in [3.05, 3.63) is 58.1 Å². The molecule has 0 atom stereocenters. The molecule has 0 radical (unpaired) electrons. The molecule has 0 fully saturated rings. The third kappa shape index (κ3) is 5.30. The number of hydrogen-bond donors (Lipinski definition) is 0. The Morgan fingerprint density at radius 3 is 2.14 bits per heavy atom. The molecular formula is C23H28ClNO4. The molecular weight excluding hydrogens is 390 g/mol. The highest BCUT2D eigenvalue weighted by atomic mass is 35.5. The number of carbonyl (C=O) groups excluding carboxylic acids is 2. The van der Waals surface area contributed by atoms with E-state index >= 15 is 0 Å². The van der Waals surface area contributed by atoms with Crippen LogP contribution in [-0.2, 0) is 5.41 Å². The zero-order chi connectivity index (χ0) is 21.8. The summed E-state index contributed by atoms with van der Waals surface area (Å²) in [5.74, 6) is -0.193. The van der Waals surface area contributed by atoms with Crippen LogP contribution in [0.15, 0.2) is 36.4 Å². The van der Waals surface area contributed by atoms with Crippen LogP contribution in [0.25, 0.3) is 0 Å². The van der Waals surface area contributed by atoms with Crippen LogP contribution >= 0.6 is 11.6 Å². The van der Waals surface area contributed by atoms with Crippen LogP contribution in [0.3, 0.4) is 0 Å². The maximum Gasteiger partial charge on any atom is 0.415 e. The Labute approximate surface area is 177 Å². The van der Waals surface area contributed by atoms with Crippen molar-refractivity contribution in [3.8, 4) is 11.5 Å². The van der Waals surface area contributed by atoms with Crippen LogP contribution in [-0.4, -0.2) is 30.1 Å². The maximum atomic E-state index is 13.0. The van der Waals surface area contributed by atoms with Crippen LogP contribution in [0.4, 0.5) is 4.79 Å². The molecule has 0 aromatic heterocycles. The van der Waals surface area contributed by atoms with E-state index in [9.17, 15) is 9.59 Å². The van der Waals surface area contributed by atoms with E-state index in [0.29, 0.717) is 24.4 Å². The zero-order valence-corrected chi connectivity index (χ0v) is 18.6. The second-order valence-electron chi connectivity index (χ2n) is 7.75. The topological polar surface area (TPSA) is 55.8 Å². The number of aryl methyl sites for hydroxylation is 1. The lowest BCUT2D eigenvalue weighted by atomic mass is 9.84. The van der Waals surface area contributed by atoms with Gasteiger partial charge in [-0.3, -0.25) is 0 Å². The molecule has 1 amide bonds. The lowest BCUT2D eigenvalue weighted by Gasteiger charge is -2.26. The third-order valence-electron chi connectivity index (χ3n) is 4.59. The molecule has 156 valence electrons. The van der Waals surface area contributed by atoms with Gasteiger partial charge in [-0.2, -0.15) is 0 Å². The predicted molar refractivity (Wildman–Crippen MR) is 115 cm³/mol. The summed E-state index contributed by atoms with van der Waals surface area (Å²) in [4.78, 5) is 27.1. The van der Waals surface area contributed by atoms with E-state index in [4.69, 9.17) is 21.1 Å². The quantitative estimate of drug-likeness (QED) is 0.441. The predicted octanol–water partition coefficient (Wildman–Crippen LogP) is 6.01. The molecule has 5 nitrogen and oxygen atoms in total. The molecule has 0 N–H and O–H groups in total. The van der Waals surface area contributed by atoms with Crippen molar-refractivity contribution in [1.82, 2.24) is 4.90 Å². The summed E-state index contributed by atoms with van der Waals surface area (Å²) < 4.78 is 11.1. The van der Waals surface area contributed by atoms with Crippen molar-refractivity contribution in [1.29, 1.82) is 0 Å². The Balaban J connectivity index is 2.57. The highest BCUT2D eigenvalue weighted by Gasteiger charge is 2.30. The van der Waals surface area contributed by atoms with E-state index in [1.54, 1.807) is 31.2 Å². The monoisotopic (exact) mass is 417 g/mol. The van der Waals surface area contributed by atoms with Crippen molar-refractivity contribution in [2.45, 2.75) is 47.0 Å². The third-order valence-corrected chi connectivity index (χ3v) is 4.97. The molecule has 0 bridgehead atoms. The SMILES string of the molecule is CCN(CC)C(=O)Oc1c(Cl)c(C(C)(C)C)cc(C)c1C(=O)Oc1ccccc1. The second kappa shape index (κ2) is 9.31. The molecule has 0 spiro atoms. The summed E-state index contributed by atoms with van der Waals surface area (Å²) in [6.07, 6.45) is -0.559. The Morgan fingerprint density at radius 2 is 1.62 bits per heavy atom. The van der Waals surface area contributed by atoms with Gasteiger partial charge < -0.3 is 14.4 Å². The van der Waals surface area contributed by atoms with E-state index in [0.717, 1.165) is 5.56 Å². The Morgan fingerprint density at radius 1 is 1.03 bits per heavy atom. The van der Waals surface area contributed by atoms with Gasteiger partial charge in [-0.05, 0) is 49.4 Å². The van der Waals surface area contributed by atoms with Crippen LogP contribution in [0.2, 0.25) is 5.02 Å². The molecule has 0 aliphatic carbocycles. The van der Waals surface area contributed by atoms with Gasteiger partial charge in [0.2, 0.25) is 0 Å². The number of para-hydroxylation sites is 1. The minimum atomic E-state index is -0.626. The minimum absolute atomic E-state index is 0.0365. The van der Waals surface area contributed by atoms with Gasteiger partial charge in [0.1, 0.15) is 11.3 Å². The number of benzene rings is 2. The lowest BCUT2D eigenvalue weighted by molar-refractivity contribution is 0.0730. The van der Waals surface area contributed by atoms with Crippen LogP contribution < -0.4 is 9.47 Å². The summed E-state index contributed by atoms with van der Waals surface area (Å²) in [7, 11) is 0. The average molecular weight is 418 g/mol. The fourth-order valence-electron chi connectivity index (χ4n) is 2.94. The molecule has 0 aliphatic heterocycles. The fraction of sp³-hybridized carbons (Fsp3) is 0.391. The van der Waals surface area contributed by atoms with Gasteiger partial charge in [0, 0.05) is 13.1 Å². The molecule has 29 heavy (non-hydrogen) atoms. The van der Waals surface area contributed by atoms with Gasteiger partial charge in [0.15, 0.2) is 5.75 Å². The first-order chi connectivity index (χ1) is 13.6. The Bertz CT molecular complexity index is 884. The van der Waals surface area contributed by atoms with Crippen molar-refractivity contribution in [2.24, 2.45) is 0 Å². The largest absolute Gasteiger partial charge is 0.423 e. The standard InChI is InChI=1S/C23H28ClNO4/c1-7-25(8-2)22(27)29-20-18(21(26)28-16-12-10-9-11-13-16)15(3)14-17(19(20)24)23(4,5)6/h9-14H,7-8H2,1-6H3. The van der Waals surface area contributed by atoms with Crippen LogP contribution in [0.5, 0.6) is 11.5 Å². The summed E-state index contributed by atoms with van der Waals surface area (Å²) in [6, 6.07) is 10.6. The number of nitrogens with zero attached hydrogens (tertiary/aromatic N) is 1. The number of esters is 1. The molecule has 0 aliphatic rings. The summed E-state index contributed by atoms with van der Waals surface area (Å²) in [5, 5.41) is 0.239. The normalized spacial score (nSPS) is 11.1. The number of carbonyl (C=O) groups is 2. The van der Waals surface area contributed by atoms with Crippen LogP contribution in [0.1, 0.15) is 56.1 Å². The molecule has 0 unspecified atom stereocenters. The number of amides is 1. The van der Waals surface area contributed by atoms with Crippen molar-refractivity contribution < 1.29 is 19.1 Å². The Hall–Kier alpha value is -2.53. The molecule has 2 aromatic rings. The first-order valence-corrected chi connectivity index (χ1v) is 10.1. The number of halogens is 1. The van der Waals surface area contributed by atoms with Crippen molar-refractivity contribution in [3.63, 3.8) is 0 Å². The van der Waals surface area contributed by atoms with Crippen molar-refractivity contribution >= 4 is 23.7 Å². The molecule has 0 saturated carbocycles.